The lowest BCUT2D eigenvalue weighted by Gasteiger charge is -2.29. The van der Waals surface area contributed by atoms with Crippen LogP contribution >= 0.6 is 12.2 Å². The summed E-state index contributed by atoms with van der Waals surface area (Å²) in [5.41, 5.74) is 3.63. The standard InChI is InChI=1S/C24H27N5O3S/c1-31-15-14-28-13-5-7-20(28)23-22(19-6-3-4-12-25-19)27-24(33)29(23)18-10-8-17(9-11-18)26-21(30)16-32-2/h3-13,22-23H,14-16H2,1-2H3,(H,26,30)(H,27,33)/t22-,23-/m1/s1. The maximum absolute atomic E-state index is 11.8. The van der Waals surface area contributed by atoms with E-state index >= 15 is 0 Å². The van der Waals surface area contributed by atoms with E-state index in [1.807, 2.05) is 48.5 Å². The zero-order valence-corrected chi connectivity index (χ0v) is 19.4. The van der Waals surface area contributed by atoms with E-state index in [1.54, 1.807) is 13.3 Å². The quantitative estimate of drug-likeness (QED) is 0.470. The second kappa shape index (κ2) is 10.6. The number of rotatable bonds is 9. The van der Waals surface area contributed by atoms with Crippen LogP contribution in [0.3, 0.4) is 0 Å². The maximum Gasteiger partial charge on any atom is 0.250 e. The van der Waals surface area contributed by atoms with Crippen molar-refractivity contribution in [2.45, 2.75) is 18.6 Å². The van der Waals surface area contributed by atoms with Gasteiger partial charge in [0.25, 0.3) is 0 Å². The summed E-state index contributed by atoms with van der Waals surface area (Å²) in [5, 5.41) is 6.90. The van der Waals surface area contributed by atoms with Gasteiger partial charge in [-0.05, 0) is 60.7 Å². The minimum Gasteiger partial charge on any atom is -0.383 e. The topological polar surface area (TPSA) is 80.7 Å². The zero-order valence-electron chi connectivity index (χ0n) is 18.6. The van der Waals surface area contributed by atoms with Gasteiger partial charge in [-0.3, -0.25) is 9.78 Å². The number of carbonyl (C=O) groups is 1. The highest BCUT2D eigenvalue weighted by atomic mass is 32.1. The van der Waals surface area contributed by atoms with Crippen molar-refractivity contribution < 1.29 is 14.3 Å². The van der Waals surface area contributed by atoms with E-state index in [9.17, 15) is 4.79 Å². The molecule has 3 aromatic rings. The monoisotopic (exact) mass is 465 g/mol. The van der Waals surface area contributed by atoms with Gasteiger partial charge < -0.3 is 29.6 Å². The Balaban J connectivity index is 1.69. The summed E-state index contributed by atoms with van der Waals surface area (Å²) in [6, 6.07) is 17.4. The van der Waals surface area contributed by atoms with Crippen LogP contribution in [0.2, 0.25) is 0 Å². The Labute approximate surface area is 198 Å². The molecule has 0 saturated carbocycles. The number of thiocarbonyl (C=S) groups is 1. The average Bonchev–Trinajstić information content (AvgIpc) is 3.42. The maximum atomic E-state index is 11.8. The van der Waals surface area contributed by atoms with Crippen molar-refractivity contribution in [3.05, 3.63) is 78.4 Å². The van der Waals surface area contributed by atoms with Gasteiger partial charge in [0.05, 0.1) is 18.3 Å². The second-order valence-electron chi connectivity index (χ2n) is 7.64. The Hall–Kier alpha value is -3.27. The molecule has 33 heavy (non-hydrogen) atoms. The molecule has 4 rings (SSSR count). The molecule has 172 valence electrons. The van der Waals surface area contributed by atoms with Crippen molar-refractivity contribution in [3.8, 4) is 0 Å². The van der Waals surface area contributed by atoms with Crippen LogP contribution in [0.4, 0.5) is 11.4 Å². The summed E-state index contributed by atoms with van der Waals surface area (Å²) in [6.45, 7) is 1.35. The fourth-order valence-electron chi connectivity index (χ4n) is 4.06. The number of pyridine rings is 1. The van der Waals surface area contributed by atoms with E-state index in [4.69, 9.17) is 21.7 Å². The van der Waals surface area contributed by atoms with Crippen LogP contribution in [0.5, 0.6) is 0 Å². The predicted octanol–water partition coefficient (Wildman–Crippen LogP) is 3.29. The summed E-state index contributed by atoms with van der Waals surface area (Å²) in [5.74, 6) is -0.201. The summed E-state index contributed by atoms with van der Waals surface area (Å²) < 4.78 is 12.4. The predicted molar refractivity (Wildman–Crippen MR) is 131 cm³/mol. The molecule has 8 nitrogen and oxygen atoms in total. The molecule has 1 aromatic carbocycles. The molecule has 1 fully saturated rings. The molecule has 1 aliphatic rings. The summed E-state index contributed by atoms with van der Waals surface area (Å²) in [7, 11) is 3.19. The number of methoxy groups -OCH3 is 2. The molecule has 2 N–H and O–H groups in total. The smallest absolute Gasteiger partial charge is 0.250 e. The number of carbonyl (C=O) groups excluding carboxylic acids is 1. The normalized spacial score (nSPS) is 17.8. The van der Waals surface area contributed by atoms with Gasteiger partial charge in [0.1, 0.15) is 12.6 Å². The molecule has 0 aliphatic carbocycles. The Bertz CT molecular complexity index is 1090. The lowest BCUT2D eigenvalue weighted by atomic mass is 10.0. The molecule has 1 aliphatic heterocycles. The third-order valence-corrected chi connectivity index (χ3v) is 5.82. The number of ether oxygens (including phenoxy) is 2. The number of benzene rings is 1. The van der Waals surface area contributed by atoms with E-state index in [0.29, 0.717) is 17.4 Å². The molecule has 0 spiro atoms. The Kier molecular flexibility index (Phi) is 7.33. The van der Waals surface area contributed by atoms with Crippen molar-refractivity contribution in [3.63, 3.8) is 0 Å². The van der Waals surface area contributed by atoms with Gasteiger partial charge in [-0.1, -0.05) is 6.07 Å². The van der Waals surface area contributed by atoms with Gasteiger partial charge in [-0.25, -0.2) is 0 Å². The van der Waals surface area contributed by atoms with Crippen LogP contribution in [-0.2, 0) is 20.8 Å². The van der Waals surface area contributed by atoms with Crippen molar-refractivity contribution in [1.82, 2.24) is 14.9 Å². The number of nitrogens with zero attached hydrogens (tertiary/aromatic N) is 3. The minimum atomic E-state index is -0.201. The largest absolute Gasteiger partial charge is 0.383 e. The molecule has 0 unspecified atom stereocenters. The summed E-state index contributed by atoms with van der Waals surface area (Å²) in [6.07, 6.45) is 3.85. The first-order valence-electron chi connectivity index (χ1n) is 10.7. The van der Waals surface area contributed by atoms with E-state index in [2.05, 4.69) is 37.3 Å². The molecule has 9 heteroatoms. The zero-order chi connectivity index (χ0) is 23.2. The van der Waals surface area contributed by atoms with E-state index in [-0.39, 0.29) is 24.6 Å². The molecule has 1 amide bonds. The second-order valence-corrected chi connectivity index (χ2v) is 8.03. The SMILES string of the molecule is COCCn1cccc1[C@@H]1[C@@H](c2ccccn2)NC(=S)N1c1ccc(NC(=O)COC)cc1. The molecular weight excluding hydrogens is 438 g/mol. The van der Waals surface area contributed by atoms with Crippen molar-refractivity contribution in [1.29, 1.82) is 0 Å². The fraction of sp³-hybridized carbons (Fsp3) is 0.292. The van der Waals surface area contributed by atoms with Gasteiger partial charge in [-0.2, -0.15) is 0 Å². The van der Waals surface area contributed by atoms with Crippen LogP contribution in [0.1, 0.15) is 23.5 Å². The number of amides is 1. The van der Waals surface area contributed by atoms with Gasteiger partial charge in [-0.15, -0.1) is 0 Å². The van der Waals surface area contributed by atoms with Crippen molar-refractivity contribution >= 4 is 34.6 Å². The van der Waals surface area contributed by atoms with Crippen molar-refractivity contribution in [2.75, 3.05) is 37.7 Å². The van der Waals surface area contributed by atoms with E-state index < -0.39 is 0 Å². The van der Waals surface area contributed by atoms with Crippen LogP contribution in [0.25, 0.3) is 0 Å². The Morgan fingerprint density at radius 3 is 2.64 bits per heavy atom. The number of hydrogen-bond donors (Lipinski definition) is 2. The lowest BCUT2D eigenvalue weighted by Crippen LogP contribution is -2.30. The number of aromatic nitrogens is 2. The number of nitrogens with one attached hydrogen (secondary N) is 2. The third kappa shape index (κ3) is 5.05. The first kappa shape index (κ1) is 22.9. The third-order valence-electron chi connectivity index (χ3n) is 5.51. The first-order chi connectivity index (χ1) is 16.1. The minimum absolute atomic E-state index is 0.00811. The van der Waals surface area contributed by atoms with Gasteiger partial charge >= 0.3 is 0 Å². The molecule has 2 aromatic heterocycles. The molecular formula is C24H27N5O3S. The molecule has 3 heterocycles. The van der Waals surface area contributed by atoms with E-state index in [0.717, 1.165) is 23.6 Å². The van der Waals surface area contributed by atoms with E-state index in [1.165, 1.54) is 7.11 Å². The van der Waals surface area contributed by atoms with Crippen LogP contribution in [0, 0.1) is 0 Å². The first-order valence-corrected chi connectivity index (χ1v) is 11.1. The summed E-state index contributed by atoms with van der Waals surface area (Å²) >= 11 is 5.79. The molecule has 0 radical (unpaired) electrons. The number of anilines is 2. The molecule has 1 saturated heterocycles. The highest BCUT2D eigenvalue weighted by Gasteiger charge is 2.41. The van der Waals surface area contributed by atoms with Gasteiger partial charge in [0.15, 0.2) is 5.11 Å². The van der Waals surface area contributed by atoms with Crippen LogP contribution in [0.15, 0.2) is 67.0 Å². The lowest BCUT2D eigenvalue weighted by molar-refractivity contribution is -0.119. The Morgan fingerprint density at radius 2 is 1.94 bits per heavy atom. The van der Waals surface area contributed by atoms with Crippen LogP contribution < -0.4 is 15.5 Å². The van der Waals surface area contributed by atoms with Gasteiger partial charge in [0, 0.05) is 50.2 Å². The average molecular weight is 466 g/mol. The fourth-order valence-corrected chi connectivity index (χ4v) is 4.40. The molecule has 0 bridgehead atoms. The van der Waals surface area contributed by atoms with Gasteiger partial charge in [0.2, 0.25) is 5.91 Å². The summed E-state index contributed by atoms with van der Waals surface area (Å²) in [4.78, 5) is 18.5. The highest BCUT2D eigenvalue weighted by Crippen LogP contribution is 2.41. The van der Waals surface area contributed by atoms with Crippen LogP contribution in [-0.4, -0.2) is 48.0 Å². The number of hydrogen-bond acceptors (Lipinski definition) is 5. The molecule has 2 atom stereocenters. The van der Waals surface area contributed by atoms with Crippen molar-refractivity contribution in [2.24, 2.45) is 0 Å². The Morgan fingerprint density at radius 1 is 1.12 bits per heavy atom. The highest BCUT2D eigenvalue weighted by molar-refractivity contribution is 7.80.